The number of carbonyl (C=O) groups excluding carboxylic acids is 1. The monoisotopic (exact) mass is 324 g/mol. The van der Waals surface area contributed by atoms with Crippen molar-refractivity contribution in [2.75, 3.05) is 13.1 Å². The molecule has 118 valence electrons. The van der Waals surface area contributed by atoms with E-state index in [1.54, 1.807) is 18.2 Å². The van der Waals surface area contributed by atoms with Gasteiger partial charge in [-0.2, -0.15) is 5.10 Å². The van der Waals surface area contributed by atoms with Crippen LogP contribution in [0.2, 0.25) is 0 Å². The fourth-order valence-electron chi connectivity index (χ4n) is 2.57. The lowest BCUT2D eigenvalue weighted by Gasteiger charge is -2.23. The molecular formula is C15H18ClFN4O. The van der Waals surface area contributed by atoms with Crippen LogP contribution in [0.1, 0.15) is 23.2 Å². The van der Waals surface area contributed by atoms with Crippen molar-refractivity contribution in [2.24, 2.45) is 0 Å². The molecule has 0 aliphatic carbocycles. The number of benzene rings is 1. The van der Waals surface area contributed by atoms with Crippen LogP contribution < -0.4 is 10.6 Å². The van der Waals surface area contributed by atoms with Crippen LogP contribution in [0.25, 0.3) is 11.3 Å². The van der Waals surface area contributed by atoms with E-state index in [1.807, 2.05) is 0 Å². The van der Waals surface area contributed by atoms with Gasteiger partial charge in [-0.1, -0.05) is 12.1 Å². The van der Waals surface area contributed by atoms with Gasteiger partial charge in [0, 0.05) is 18.2 Å². The molecule has 1 unspecified atom stereocenters. The van der Waals surface area contributed by atoms with Gasteiger partial charge in [-0.15, -0.1) is 12.4 Å². The van der Waals surface area contributed by atoms with Gasteiger partial charge in [0.15, 0.2) is 0 Å². The number of piperidine rings is 1. The lowest BCUT2D eigenvalue weighted by Crippen LogP contribution is -2.45. The van der Waals surface area contributed by atoms with E-state index in [0.717, 1.165) is 25.9 Å². The minimum Gasteiger partial charge on any atom is -0.348 e. The topological polar surface area (TPSA) is 69.8 Å². The van der Waals surface area contributed by atoms with Crippen molar-refractivity contribution in [1.82, 2.24) is 20.8 Å². The molecule has 7 heteroatoms. The summed E-state index contributed by atoms with van der Waals surface area (Å²) >= 11 is 0. The van der Waals surface area contributed by atoms with Crippen molar-refractivity contribution in [3.63, 3.8) is 0 Å². The summed E-state index contributed by atoms with van der Waals surface area (Å²) in [6.07, 6.45) is 3.43. The summed E-state index contributed by atoms with van der Waals surface area (Å²) in [5.74, 6) is -0.606. The van der Waals surface area contributed by atoms with E-state index in [0.29, 0.717) is 16.8 Å². The number of amides is 1. The molecule has 1 aliphatic heterocycles. The summed E-state index contributed by atoms with van der Waals surface area (Å²) in [6.45, 7) is 1.75. The molecule has 5 nitrogen and oxygen atoms in total. The molecule has 1 atom stereocenters. The highest BCUT2D eigenvalue weighted by atomic mass is 35.5. The number of hydrogen-bond acceptors (Lipinski definition) is 3. The normalized spacial score (nSPS) is 17.6. The molecule has 3 N–H and O–H groups in total. The first-order chi connectivity index (χ1) is 10.3. The van der Waals surface area contributed by atoms with Gasteiger partial charge in [0.2, 0.25) is 0 Å². The smallest absolute Gasteiger partial charge is 0.255 e. The maximum absolute atomic E-state index is 13.9. The van der Waals surface area contributed by atoms with E-state index in [1.165, 1.54) is 12.3 Å². The Morgan fingerprint density at radius 2 is 2.18 bits per heavy atom. The van der Waals surface area contributed by atoms with E-state index >= 15 is 0 Å². The predicted octanol–water partition coefficient (Wildman–Crippen LogP) is 2.12. The van der Waals surface area contributed by atoms with E-state index in [2.05, 4.69) is 20.8 Å². The third kappa shape index (κ3) is 3.45. The second-order valence-electron chi connectivity index (χ2n) is 5.16. The molecule has 2 aromatic rings. The molecule has 1 fully saturated rings. The Morgan fingerprint density at radius 3 is 2.91 bits per heavy atom. The highest BCUT2D eigenvalue weighted by Gasteiger charge is 2.21. The standard InChI is InChI=1S/C15H17FN4O.ClH/c16-13-6-2-1-5-11(13)14-12(9-18-20-14)15(21)19-10-4-3-7-17-8-10;/h1-2,5-6,9-10,17H,3-4,7-8H2,(H,18,20)(H,19,21);1H. The number of hydrogen-bond donors (Lipinski definition) is 3. The Morgan fingerprint density at radius 1 is 1.36 bits per heavy atom. The van der Waals surface area contributed by atoms with E-state index in [9.17, 15) is 9.18 Å². The molecular weight excluding hydrogens is 307 g/mol. The second-order valence-corrected chi connectivity index (χ2v) is 5.16. The van der Waals surface area contributed by atoms with Gasteiger partial charge in [0.05, 0.1) is 17.5 Å². The lowest BCUT2D eigenvalue weighted by atomic mass is 10.0. The highest BCUT2D eigenvalue weighted by molar-refractivity contribution is 5.99. The fraction of sp³-hybridized carbons (Fsp3) is 0.333. The van der Waals surface area contributed by atoms with Crippen LogP contribution in [0.3, 0.4) is 0 Å². The van der Waals surface area contributed by atoms with E-state index in [-0.39, 0.29) is 30.2 Å². The average molecular weight is 325 g/mol. The number of nitrogens with zero attached hydrogens (tertiary/aromatic N) is 1. The Bertz CT molecular complexity index is 640. The van der Waals surface area contributed by atoms with Gasteiger partial charge in [0.1, 0.15) is 5.82 Å². The van der Waals surface area contributed by atoms with Gasteiger partial charge >= 0.3 is 0 Å². The van der Waals surface area contributed by atoms with Gasteiger partial charge < -0.3 is 10.6 Å². The van der Waals surface area contributed by atoms with Crippen LogP contribution in [0, 0.1) is 5.82 Å². The molecule has 0 spiro atoms. The van der Waals surface area contributed by atoms with Crippen LogP contribution >= 0.6 is 12.4 Å². The van der Waals surface area contributed by atoms with Gasteiger partial charge in [-0.05, 0) is 31.5 Å². The molecule has 0 saturated carbocycles. The van der Waals surface area contributed by atoms with Crippen molar-refractivity contribution >= 4 is 18.3 Å². The first-order valence-electron chi connectivity index (χ1n) is 7.05. The van der Waals surface area contributed by atoms with Crippen molar-refractivity contribution in [3.05, 3.63) is 41.8 Å². The quantitative estimate of drug-likeness (QED) is 0.810. The fourth-order valence-corrected chi connectivity index (χ4v) is 2.57. The number of aromatic nitrogens is 2. The van der Waals surface area contributed by atoms with Gasteiger partial charge in [-0.25, -0.2) is 4.39 Å². The van der Waals surface area contributed by atoms with Gasteiger partial charge in [-0.3, -0.25) is 9.89 Å². The third-order valence-electron chi connectivity index (χ3n) is 3.66. The van der Waals surface area contributed by atoms with E-state index in [4.69, 9.17) is 0 Å². The molecule has 2 heterocycles. The van der Waals surface area contributed by atoms with Crippen molar-refractivity contribution in [2.45, 2.75) is 18.9 Å². The van der Waals surface area contributed by atoms with Crippen LogP contribution in [0.15, 0.2) is 30.5 Å². The molecule has 1 saturated heterocycles. The second kappa shape index (κ2) is 7.38. The summed E-state index contributed by atoms with van der Waals surface area (Å²) in [5.41, 5.74) is 1.13. The Labute approximate surface area is 134 Å². The maximum atomic E-state index is 13.9. The largest absolute Gasteiger partial charge is 0.348 e. The summed E-state index contributed by atoms with van der Waals surface area (Å²) in [5, 5.41) is 12.8. The van der Waals surface area contributed by atoms with Crippen molar-refractivity contribution < 1.29 is 9.18 Å². The molecule has 22 heavy (non-hydrogen) atoms. The van der Waals surface area contributed by atoms with E-state index < -0.39 is 0 Å². The molecule has 0 radical (unpaired) electrons. The minimum absolute atomic E-state index is 0. The van der Waals surface area contributed by atoms with Crippen LogP contribution in [-0.4, -0.2) is 35.2 Å². The summed E-state index contributed by atoms with van der Waals surface area (Å²) in [6, 6.07) is 6.44. The van der Waals surface area contributed by atoms with Crippen molar-refractivity contribution in [3.8, 4) is 11.3 Å². The molecule has 1 aromatic carbocycles. The summed E-state index contributed by atoms with van der Waals surface area (Å²) in [4.78, 5) is 12.4. The number of aromatic amines is 1. The van der Waals surface area contributed by atoms with Crippen molar-refractivity contribution in [1.29, 1.82) is 0 Å². The number of nitrogens with one attached hydrogen (secondary N) is 3. The predicted molar refractivity (Wildman–Crippen MR) is 84.6 cm³/mol. The van der Waals surface area contributed by atoms with Crippen LogP contribution in [-0.2, 0) is 0 Å². The zero-order valence-electron chi connectivity index (χ0n) is 11.9. The third-order valence-corrected chi connectivity index (χ3v) is 3.66. The first kappa shape index (κ1) is 16.5. The Kier molecular flexibility index (Phi) is 5.51. The number of carbonyl (C=O) groups is 1. The van der Waals surface area contributed by atoms with Crippen LogP contribution in [0.4, 0.5) is 4.39 Å². The zero-order valence-corrected chi connectivity index (χ0v) is 12.8. The summed E-state index contributed by atoms with van der Waals surface area (Å²) in [7, 11) is 0. The van der Waals surface area contributed by atoms with Crippen LogP contribution in [0.5, 0.6) is 0 Å². The highest BCUT2D eigenvalue weighted by Crippen LogP contribution is 2.24. The number of H-pyrrole nitrogens is 1. The minimum atomic E-state index is -0.380. The molecule has 1 amide bonds. The number of halogens is 2. The Balaban J connectivity index is 0.00000176. The maximum Gasteiger partial charge on any atom is 0.255 e. The molecule has 0 bridgehead atoms. The average Bonchev–Trinajstić information content (AvgIpc) is 2.98. The molecule has 1 aliphatic rings. The van der Waals surface area contributed by atoms with Gasteiger partial charge in [0.25, 0.3) is 5.91 Å². The Hall–Kier alpha value is -1.92. The summed E-state index contributed by atoms with van der Waals surface area (Å²) < 4.78 is 13.9. The number of rotatable bonds is 3. The first-order valence-corrected chi connectivity index (χ1v) is 7.05. The molecule has 3 rings (SSSR count). The SMILES string of the molecule is Cl.O=C(NC1CCCNC1)c1cn[nH]c1-c1ccccc1F. The lowest BCUT2D eigenvalue weighted by molar-refractivity contribution is 0.0931. The zero-order chi connectivity index (χ0) is 14.7. The molecule has 1 aromatic heterocycles.